The Bertz CT molecular complexity index is 2060. The molecule has 2 aromatic heterocycles. The van der Waals surface area contributed by atoms with Crippen LogP contribution >= 0.6 is 0 Å². The quantitative estimate of drug-likeness (QED) is 0.201. The molecule has 8 heteroatoms. The highest BCUT2D eigenvalue weighted by atomic mass is 16.2. The van der Waals surface area contributed by atoms with Crippen molar-refractivity contribution in [2.24, 2.45) is 0 Å². The Morgan fingerprint density at radius 2 is 1.58 bits per heavy atom. The van der Waals surface area contributed by atoms with E-state index in [4.69, 9.17) is 10.2 Å². The lowest BCUT2D eigenvalue weighted by atomic mass is 9.94. The second-order valence-corrected chi connectivity index (χ2v) is 13.5. The SMILES string of the molecule is Cc1cc(C)cc(C[C@H]2CCCCN2C(=O)CN2C[C@@H](Cc3[nH]nc4ccccc34)c3nnc(-c4ccccc4)n3-c3ccccc32)c1. The van der Waals surface area contributed by atoms with E-state index >= 15 is 0 Å². The topological polar surface area (TPSA) is 82.9 Å². The summed E-state index contributed by atoms with van der Waals surface area (Å²) >= 11 is 0. The van der Waals surface area contributed by atoms with E-state index in [9.17, 15) is 4.79 Å². The molecule has 8 nitrogen and oxygen atoms in total. The number of carbonyl (C=O) groups excluding carboxylic acids is 1. The lowest BCUT2D eigenvalue weighted by Gasteiger charge is -2.38. The second-order valence-electron chi connectivity index (χ2n) is 13.5. The average molecular weight is 636 g/mol. The summed E-state index contributed by atoms with van der Waals surface area (Å²) in [5.74, 6) is 1.83. The number of nitrogens with one attached hydrogen (secondary N) is 1. The highest BCUT2D eigenvalue weighted by Gasteiger charge is 2.34. The predicted molar refractivity (Wildman–Crippen MR) is 191 cm³/mol. The number of carbonyl (C=O) groups is 1. The number of piperidine rings is 1. The maximum atomic E-state index is 14.5. The highest BCUT2D eigenvalue weighted by molar-refractivity contribution is 5.84. The van der Waals surface area contributed by atoms with Crippen molar-refractivity contribution in [1.82, 2.24) is 29.9 Å². The molecule has 0 saturated carbocycles. The Morgan fingerprint density at radius 3 is 2.42 bits per heavy atom. The second kappa shape index (κ2) is 12.8. The standard InChI is InChI=1S/C40H41N7O/c1-27-20-28(2)22-29(21-27)23-32-14-10-11-19-46(32)38(48)26-45-25-31(24-35-33-15-6-7-16-34(33)41-42-35)40-44-43-39(30-12-4-3-5-13-30)47(40)37-18-9-8-17-36(37)45/h3-9,12-13,15-18,20-22,31-32H,10-11,14,19,23-26H2,1-2H3,(H,41,42)/t31-,32-/m1/s1. The van der Waals surface area contributed by atoms with Crippen LogP contribution in [0.2, 0.25) is 0 Å². The summed E-state index contributed by atoms with van der Waals surface area (Å²) < 4.78 is 2.21. The molecule has 2 atom stereocenters. The van der Waals surface area contributed by atoms with Crippen LogP contribution in [0.15, 0.2) is 97.1 Å². The van der Waals surface area contributed by atoms with Crippen molar-refractivity contribution < 1.29 is 4.79 Å². The van der Waals surface area contributed by atoms with Crippen LogP contribution in [-0.4, -0.2) is 61.4 Å². The minimum absolute atomic E-state index is 0.0496. The van der Waals surface area contributed by atoms with Crippen molar-refractivity contribution in [3.63, 3.8) is 0 Å². The largest absolute Gasteiger partial charge is 0.360 e. The third-order valence-corrected chi connectivity index (χ3v) is 10.0. The molecule has 4 heterocycles. The van der Waals surface area contributed by atoms with Crippen molar-refractivity contribution in [2.75, 3.05) is 24.5 Å². The van der Waals surface area contributed by atoms with Gasteiger partial charge in [0.1, 0.15) is 5.82 Å². The van der Waals surface area contributed by atoms with E-state index in [2.05, 4.69) is 105 Å². The molecule has 0 bridgehead atoms. The molecule has 4 aromatic carbocycles. The number of nitrogens with zero attached hydrogens (tertiary/aromatic N) is 6. The van der Waals surface area contributed by atoms with E-state index in [0.717, 1.165) is 77.4 Å². The fourth-order valence-corrected chi connectivity index (χ4v) is 7.91. The summed E-state index contributed by atoms with van der Waals surface area (Å²) in [6.45, 7) is 6.04. The van der Waals surface area contributed by atoms with Gasteiger partial charge in [0.2, 0.25) is 5.91 Å². The lowest BCUT2D eigenvalue weighted by molar-refractivity contribution is -0.133. The van der Waals surface area contributed by atoms with Crippen molar-refractivity contribution in [2.45, 2.75) is 57.9 Å². The maximum absolute atomic E-state index is 14.5. The normalized spacial score (nSPS) is 17.6. The number of aromatic nitrogens is 5. The van der Waals surface area contributed by atoms with Crippen molar-refractivity contribution in [3.8, 4) is 17.1 Å². The van der Waals surface area contributed by atoms with E-state index in [1.54, 1.807) is 0 Å². The summed E-state index contributed by atoms with van der Waals surface area (Å²) in [6, 6.07) is 33.8. The van der Waals surface area contributed by atoms with Gasteiger partial charge >= 0.3 is 0 Å². The Morgan fingerprint density at radius 1 is 0.833 bits per heavy atom. The zero-order valence-corrected chi connectivity index (χ0v) is 27.6. The van der Waals surface area contributed by atoms with Crippen LogP contribution in [-0.2, 0) is 17.6 Å². The summed E-state index contributed by atoms with van der Waals surface area (Å²) in [5, 5.41) is 18.7. The molecule has 1 N–H and O–H groups in total. The van der Waals surface area contributed by atoms with E-state index < -0.39 is 0 Å². The van der Waals surface area contributed by atoms with Gasteiger partial charge in [0.15, 0.2) is 5.82 Å². The molecule has 0 radical (unpaired) electrons. The van der Waals surface area contributed by atoms with E-state index in [1.165, 1.54) is 16.7 Å². The van der Waals surface area contributed by atoms with Crippen LogP contribution in [0, 0.1) is 13.8 Å². The van der Waals surface area contributed by atoms with Crippen LogP contribution in [0.3, 0.4) is 0 Å². The number of anilines is 1. The summed E-state index contributed by atoms with van der Waals surface area (Å²) in [6.07, 6.45) is 4.81. The molecule has 2 aliphatic rings. The first kappa shape index (κ1) is 30.1. The summed E-state index contributed by atoms with van der Waals surface area (Å²) in [5.41, 5.74) is 8.89. The number of para-hydroxylation sites is 3. The molecule has 0 unspecified atom stereocenters. The first-order valence-corrected chi connectivity index (χ1v) is 17.2. The van der Waals surface area contributed by atoms with Crippen LogP contribution < -0.4 is 4.90 Å². The van der Waals surface area contributed by atoms with E-state index in [-0.39, 0.29) is 17.9 Å². The van der Waals surface area contributed by atoms with Crippen molar-refractivity contribution in [3.05, 3.63) is 125 Å². The molecule has 8 rings (SSSR count). The van der Waals surface area contributed by atoms with Crippen molar-refractivity contribution >= 4 is 22.5 Å². The van der Waals surface area contributed by atoms with Gasteiger partial charge in [0, 0.05) is 48.1 Å². The molecular formula is C40H41N7O. The zero-order chi connectivity index (χ0) is 32.6. The number of H-pyrrole nitrogens is 1. The number of benzene rings is 4. The molecule has 1 fully saturated rings. The van der Waals surface area contributed by atoms with Gasteiger partial charge in [-0.15, -0.1) is 10.2 Å². The van der Waals surface area contributed by atoms with E-state index in [0.29, 0.717) is 19.5 Å². The van der Waals surface area contributed by atoms with Crippen LogP contribution in [0.4, 0.5) is 5.69 Å². The van der Waals surface area contributed by atoms with Gasteiger partial charge in [-0.1, -0.05) is 90.0 Å². The molecule has 242 valence electrons. The Balaban J connectivity index is 1.16. The number of hydrogen-bond acceptors (Lipinski definition) is 5. The number of hydrogen-bond donors (Lipinski definition) is 1. The number of rotatable bonds is 7. The van der Waals surface area contributed by atoms with Crippen LogP contribution in [0.25, 0.3) is 28.0 Å². The molecule has 2 aliphatic heterocycles. The molecular weight excluding hydrogens is 594 g/mol. The first-order valence-electron chi connectivity index (χ1n) is 17.2. The maximum Gasteiger partial charge on any atom is 0.242 e. The van der Waals surface area contributed by atoms with Crippen LogP contribution in [0.1, 0.15) is 53.4 Å². The van der Waals surface area contributed by atoms with Gasteiger partial charge in [-0.25, -0.2) is 0 Å². The van der Waals surface area contributed by atoms with E-state index in [1.807, 2.05) is 30.3 Å². The summed E-state index contributed by atoms with van der Waals surface area (Å²) in [7, 11) is 0. The minimum Gasteiger partial charge on any atom is -0.360 e. The molecule has 6 aromatic rings. The van der Waals surface area contributed by atoms with Gasteiger partial charge < -0.3 is 9.80 Å². The highest BCUT2D eigenvalue weighted by Crippen LogP contribution is 2.38. The minimum atomic E-state index is -0.0496. The van der Waals surface area contributed by atoms with Crippen LogP contribution in [0.5, 0.6) is 0 Å². The first-order chi connectivity index (χ1) is 23.5. The molecule has 0 spiro atoms. The fourth-order valence-electron chi connectivity index (χ4n) is 7.91. The molecule has 0 aliphatic carbocycles. The van der Waals surface area contributed by atoms with Gasteiger partial charge in [-0.2, -0.15) is 5.10 Å². The molecule has 1 saturated heterocycles. The third-order valence-electron chi connectivity index (χ3n) is 10.0. The predicted octanol–water partition coefficient (Wildman–Crippen LogP) is 7.20. The third kappa shape index (κ3) is 5.76. The smallest absolute Gasteiger partial charge is 0.242 e. The Kier molecular flexibility index (Phi) is 8.00. The average Bonchev–Trinajstić information content (AvgIpc) is 3.70. The molecule has 1 amide bonds. The fraction of sp³-hybridized carbons (Fsp3) is 0.300. The Hall–Kier alpha value is -5.24. The number of aromatic amines is 1. The van der Waals surface area contributed by atoms with Gasteiger partial charge in [0.05, 0.1) is 23.4 Å². The van der Waals surface area contributed by atoms with Gasteiger partial charge in [-0.05, 0) is 63.3 Å². The zero-order valence-electron chi connectivity index (χ0n) is 27.6. The number of likely N-dealkylation sites (tertiary alicyclic amines) is 1. The molecule has 48 heavy (non-hydrogen) atoms. The summed E-state index contributed by atoms with van der Waals surface area (Å²) in [4.78, 5) is 18.9. The van der Waals surface area contributed by atoms with Gasteiger partial charge in [-0.3, -0.25) is 14.5 Å². The Labute approximate surface area is 281 Å². The number of aryl methyl sites for hydroxylation is 2. The number of fused-ring (bicyclic) bond motifs is 4. The number of amides is 1. The van der Waals surface area contributed by atoms with Gasteiger partial charge in [0.25, 0.3) is 0 Å². The lowest BCUT2D eigenvalue weighted by Crippen LogP contribution is -2.49. The van der Waals surface area contributed by atoms with Crippen molar-refractivity contribution in [1.29, 1.82) is 0 Å². The monoisotopic (exact) mass is 635 g/mol.